The van der Waals surface area contributed by atoms with Crippen molar-refractivity contribution in [3.63, 3.8) is 0 Å². The third kappa shape index (κ3) is 2.55. The first kappa shape index (κ1) is 13.2. The summed E-state index contributed by atoms with van der Waals surface area (Å²) in [6.07, 6.45) is -0.125. The van der Waals surface area contributed by atoms with E-state index in [1.54, 1.807) is 0 Å². The number of fused-ring (bicyclic) bond motifs is 1. The van der Waals surface area contributed by atoms with Crippen LogP contribution < -0.4 is 10.1 Å². The van der Waals surface area contributed by atoms with Gasteiger partial charge in [0.25, 0.3) is 0 Å². The third-order valence-corrected chi connectivity index (χ3v) is 3.21. The van der Waals surface area contributed by atoms with E-state index in [2.05, 4.69) is 15.4 Å². The predicted octanol–water partition coefficient (Wildman–Crippen LogP) is 1.88. The molecule has 1 aliphatic rings. The van der Waals surface area contributed by atoms with E-state index in [1.807, 2.05) is 0 Å². The second-order valence-corrected chi connectivity index (χ2v) is 4.66. The van der Waals surface area contributed by atoms with Gasteiger partial charge in [-0.25, -0.2) is 9.50 Å². The molecule has 0 atom stereocenters. The van der Waals surface area contributed by atoms with Crippen LogP contribution in [0.2, 0.25) is 0 Å². The van der Waals surface area contributed by atoms with E-state index in [0.717, 1.165) is 36.5 Å². The molecule has 8 heteroatoms. The Morgan fingerprint density at radius 3 is 2.75 bits per heavy atom. The van der Waals surface area contributed by atoms with Crippen LogP contribution in [-0.4, -0.2) is 33.8 Å². The van der Waals surface area contributed by atoms with Crippen molar-refractivity contribution in [1.29, 1.82) is 0 Å². The molecule has 2 aromatic rings. The van der Waals surface area contributed by atoms with E-state index < -0.39 is 11.9 Å². The van der Waals surface area contributed by atoms with Gasteiger partial charge < -0.3 is 10.1 Å². The Morgan fingerprint density at radius 2 is 2.05 bits per heavy atom. The molecule has 0 amide bonds. The van der Waals surface area contributed by atoms with Crippen molar-refractivity contribution in [1.82, 2.24) is 19.9 Å². The van der Waals surface area contributed by atoms with E-state index in [-0.39, 0.29) is 17.5 Å². The molecule has 1 aliphatic heterocycles. The van der Waals surface area contributed by atoms with Crippen LogP contribution in [0.1, 0.15) is 18.5 Å². The van der Waals surface area contributed by atoms with E-state index in [1.165, 1.54) is 12.4 Å². The Morgan fingerprint density at radius 1 is 1.30 bits per heavy atom. The summed E-state index contributed by atoms with van der Waals surface area (Å²) in [5, 5.41) is 6.69. The number of nitrogens with zero attached hydrogens (tertiary/aromatic N) is 3. The molecule has 3 heterocycles. The van der Waals surface area contributed by atoms with Crippen LogP contribution in [0, 0.1) is 0 Å². The largest absolute Gasteiger partial charge is 0.473 e. The average molecular weight is 286 g/mol. The second kappa shape index (κ2) is 4.93. The lowest BCUT2D eigenvalue weighted by atomic mass is 10.1. The molecule has 20 heavy (non-hydrogen) atoms. The summed E-state index contributed by atoms with van der Waals surface area (Å²) in [5.41, 5.74) is -0.709. The summed E-state index contributed by atoms with van der Waals surface area (Å²) >= 11 is 0. The number of aromatic nitrogens is 3. The molecule has 0 aromatic carbocycles. The summed E-state index contributed by atoms with van der Waals surface area (Å²) in [6.45, 7) is 1.67. The van der Waals surface area contributed by atoms with Gasteiger partial charge in [-0.1, -0.05) is 0 Å². The van der Waals surface area contributed by atoms with Gasteiger partial charge in [0.2, 0.25) is 5.88 Å². The van der Waals surface area contributed by atoms with Crippen molar-refractivity contribution in [3.05, 3.63) is 24.2 Å². The van der Waals surface area contributed by atoms with Crippen molar-refractivity contribution < 1.29 is 17.9 Å². The molecule has 5 nitrogen and oxygen atoms in total. The van der Waals surface area contributed by atoms with Gasteiger partial charge in [0.05, 0.1) is 0 Å². The van der Waals surface area contributed by atoms with Crippen LogP contribution in [0.25, 0.3) is 5.52 Å². The number of hydrogen-bond acceptors (Lipinski definition) is 4. The zero-order valence-corrected chi connectivity index (χ0v) is 10.5. The molecular formula is C12H13F3N4O. The van der Waals surface area contributed by atoms with Gasteiger partial charge in [0.15, 0.2) is 5.69 Å². The summed E-state index contributed by atoms with van der Waals surface area (Å²) < 4.78 is 44.9. The standard InChI is InChI=1S/C12H13F3N4O/c13-12(14,15)10-7-9-11(17-5-6-19(9)18-10)20-8-1-3-16-4-2-8/h5-8,16H,1-4H2. The molecule has 3 rings (SSSR count). The molecule has 0 saturated carbocycles. The molecule has 1 saturated heterocycles. The normalized spacial score (nSPS) is 17.6. The fraction of sp³-hybridized carbons (Fsp3) is 0.500. The van der Waals surface area contributed by atoms with Gasteiger partial charge in [-0.2, -0.15) is 18.3 Å². The van der Waals surface area contributed by atoms with E-state index in [0.29, 0.717) is 0 Å². The number of piperidine rings is 1. The molecule has 2 aromatic heterocycles. The molecule has 0 unspecified atom stereocenters. The Bertz CT molecular complexity index is 604. The van der Waals surface area contributed by atoms with Crippen LogP contribution in [0.4, 0.5) is 13.2 Å². The van der Waals surface area contributed by atoms with E-state index in [4.69, 9.17) is 4.74 Å². The monoisotopic (exact) mass is 286 g/mol. The molecule has 1 fully saturated rings. The summed E-state index contributed by atoms with van der Waals surface area (Å²) in [7, 11) is 0. The summed E-state index contributed by atoms with van der Waals surface area (Å²) in [5.74, 6) is 0.197. The van der Waals surface area contributed by atoms with Gasteiger partial charge in [0.1, 0.15) is 11.6 Å². The highest BCUT2D eigenvalue weighted by molar-refractivity contribution is 5.56. The van der Waals surface area contributed by atoms with Crippen LogP contribution >= 0.6 is 0 Å². The van der Waals surface area contributed by atoms with Crippen LogP contribution in [0.3, 0.4) is 0 Å². The SMILES string of the molecule is FC(F)(F)c1cc2c(OC3CCNCC3)nccn2n1. The first-order chi connectivity index (χ1) is 9.54. The minimum Gasteiger partial charge on any atom is -0.473 e. The number of hydrogen-bond donors (Lipinski definition) is 1. The van der Waals surface area contributed by atoms with Crippen LogP contribution in [0.15, 0.2) is 18.5 Å². The predicted molar refractivity (Wildman–Crippen MR) is 64.5 cm³/mol. The van der Waals surface area contributed by atoms with E-state index >= 15 is 0 Å². The van der Waals surface area contributed by atoms with Crippen molar-refractivity contribution in [3.8, 4) is 5.88 Å². The number of alkyl halides is 3. The van der Waals surface area contributed by atoms with Gasteiger partial charge in [-0.15, -0.1) is 0 Å². The van der Waals surface area contributed by atoms with E-state index in [9.17, 15) is 13.2 Å². The lowest BCUT2D eigenvalue weighted by Gasteiger charge is -2.23. The summed E-state index contributed by atoms with van der Waals surface area (Å²) in [6, 6.07) is 0.962. The Hall–Kier alpha value is -1.83. The van der Waals surface area contributed by atoms with Gasteiger partial charge >= 0.3 is 6.18 Å². The lowest BCUT2D eigenvalue weighted by Crippen LogP contribution is -2.34. The fourth-order valence-electron chi connectivity index (χ4n) is 2.20. The smallest absolute Gasteiger partial charge is 0.435 e. The number of halogens is 3. The Balaban J connectivity index is 1.92. The van der Waals surface area contributed by atoms with Crippen molar-refractivity contribution >= 4 is 5.52 Å². The number of rotatable bonds is 2. The molecule has 0 aliphatic carbocycles. The fourth-order valence-corrected chi connectivity index (χ4v) is 2.20. The zero-order valence-electron chi connectivity index (χ0n) is 10.5. The maximum absolute atomic E-state index is 12.7. The van der Waals surface area contributed by atoms with Gasteiger partial charge in [0, 0.05) is 18.5 Å². The molecule has 0 spiro atoms. The molecule has 0 radical (unpaired) electrons. The topological polar surface area (TPSA) is 51.5 Å². The highest BCUT2D eigenvalue weighted by Crippen LogP contribution is 2.31. The quantitative estimate of drug-likeness (QED) is 0.916. The Labute approximate surface area is 112 Å². The molecule has 0 bridgehead atoms. The first-order valence-electron chi connectivity index (χ1n) is 6.33. The minimum absolute atomic E-state index is 0.0285. The number of ether oxygens (including phenoxy) is 1. The number of nitrogens with one attached hydrogen (secondary N) is 1. The Kier molecular flexibility index (Phi) is 3.25. The highest BCUT2D eigenvalue weighted by atomic mass is 19.4. The van der Waals surface area contributed by atoms with Gasteiger partial charge in [-0.05, 0) is 25.9 Å². The maximum Gasteiger partial charge on any atom is 0.435 e. The second-order valence-electron chi connectivity index (χ2n) is 4.66. The molecule has 108 valence electrons. The zero-order chi connectivity index (χ0) is 14.2. The lowest BCUT2D eigenvalue weighted by molar-refractivity contribution is -0.141. The van der Waals surface area contributed by atoms with Crippen molar-refractivity contribution in [2.24, 2.45) is 0 Å². The van der Waals surface area contributed by atoms with Crippen molar-refractivity contribution in [2.45, 2.75) is 25.1 Å². The van der Waals surface area contributed by atoms with Crippen LogP contribution in [-0.2, 0) is 6.18 Å². The third-order valence-electron chi connectivity index (χ3n) is 3.21. The summed E-state index contributed by atoms with van der Waals surface area (Å²) in [4.78, 5) is 4.03. The average Bonchev–Trinajstić information content (AvgIpc) is 2.85. The maximum atomic E-state index is 12.7. The molecular weight excluding hydrogens is 273 g/mol. The highest BCUT2D eigenvalue weighted by Gasteiger charge is 2.34. The minimum atomic E-state index is -4.47. The first-order valence-corrected chi connectivity index (χ1v) is 6.33. The van der Waals surface area contributed by atoms with Gasteiger partial charge in [-0.3, -0.25) is 0 Å². The van der Waals surface area contributed by atoms with Crippen LogP contribution in [0.5, 0.6) is 5.88 Å². The molecule has 1 N–H and O–H groups in total. The van der Waals surface area contributed by atoms with Crippen molar-refractivity contribution in [2.75, 3.05) is 13.1 Å².